The van der Waals surface area contributed by atoms with Crippen LogP contribution in [0.25, 0.3) is 0 Å². The fourth-order valence-electron chi connectivity index (χ4n) is 2.94. The van der Waals surface area contributed by atoms with E-state index >= 15 is 0 Å². The molecule has 0 saturated heterocycles. The number of rotatable bonds is 6. The van der Waals surface area contributed by atoms with Crippen molar-refractivity contribution in [3.05, 3.63) is 83.6 Å². The van der Waals surface area contributed by atoms with Crippen LogP contribution < -0.4 is 10.6 Å². The summed E-state index contributed by atoms with van der Waals surface area (Å²) < 4.78 is 4.74. The van der Waals surface area contributed by atoms with Crippen molar-refractivity contribution in [3.63, 3.8) is 0 Å². The molecule has 0 aliphatic rings. The van der Waals surface area contributed by atoms with Gasteiger partial charge in [0.05, 0.1) is 12.7 Å². The molecule has 0 aliphatic heterocycles. The van der Waals surface area contributed by atoms with E-state index in [4.69, 9.17) is 4.74 Å². The maximum Gasteiger partial charge on any atom is 0.337 e. The zero-order valence-electron chi connectivity index (χ0n) is 16.6. The van der Waals surface area contributed by atoms with Crippen molar-refractivity contribution in [2.45, 2.75) is 19.8 Å². The minimum atomic E-state index is -0.418. The van der Waals surface area contributed by atoms with Crippen molar-refractivity contribution in [1.29, 1.82) is 0 Å². The third-order valence-electron chi connectivity index (χ3n) is 4.41. The van der Waals surface area contributed by atoms with Crippen molar-refractivity contribution in [2.75, 3.05) is 17.7 Å². The van der Waals surface area contributed by atoms with Crippen LogP contribution in [-0.2, 0) is 4.74 Å². The van der Waals surface area contributed by atoms with Crippen molar-refractivity contribution in [3.8, 4) is 0 Å². The Hall–Kier alpha value is -3.67. The number of nitrogens with zero attached hydrogens (tertiary/aromatic N) is 1. The first-order chi connectivity index (χ1) is 14.0. The Bertz CT molecular complexity index is 1030. The number of pyridine rings is 1. The van der Waals surface area contributed by atoms with Gasteiger partial charge in [-0.25, -0.2) is 9.78 Å². The number of hydrogen-bond donors (Lipinski definition) is 2. The molecule has 2 aromatic carbocycles. The molecule has 0 fully saturated rings. The maximum atomic E-state index is 12.7. The Labute approximate surface area is 169 Å². The van der Waals surface area contributed by atoms with Gasteiger partial charge in [-0.15, -0.1) is 0 Å². The molecule has 3 aromatic rings. The van der Waals surface area contributed by atoms with E-state index in [-0.39, 0.29) is 5.91 Å². The number of carbonyl (C=O) groups excluding carboxylic acids is 2. The quantitative estimate of drug-likeness (QED) is 0.581. The molecule has 3 rings (SSSR count). The van der Waals surface area contributed by atoms with Crippen LogP contribution in [0.1, 0.15) is 46.0 Å². The summed E-state index contributed by atoms with van der Waals surface area (Å²) >= 11 is 0. The summed E-state index contributed by atoms with van der Waals surface area (Å²) in [5, 5.41) is 6.09. The number of ether oxygens (including phenoxy) is 1. The van der Waals surface area contributed by atoms with Crippen LogP contribution in [0.3, 0.4) is 0 Å². The van der Waals surface area contributed by atoms with Gasteiger partial charge in [-0.2, -0.15) is 0 Å². The first-order valence-electron chi connectivity index (χ1n) is 9.29. The van der Waals surface area contributed by atoms with Gasteiger partial charge in [0.2, 0.25) is 0 Å². The summed E-state index contributed by atoms with van der Waals surface area (Å²) in [6.07, 6.45) is 1.57. The largest absolute Gasteiger partial charge is 0.465 e. The number of amides is 1. The van der Waals surface area contributed by atoms with Gasteiger partial charge in [0.1, 0.15) is 5.82 Å². The minimum Gasteiger partial charge on any atom is -0.465 e. The molecule has 0 aliphatic carbocycles. The Kier molecular flexibility index (Phi) is 6.24. The third-order valence-corrected chi connectivity index (χ3v) is 4.41. The number of hydrogen-bond acceptors (Lipinski definition) is 5. The molecule has 6 nitrogen and oxygen atoms in total. The van der Waals surface area contributed by atoms with Gasteiger partial charge in [-0.1, -0.05) is 38.1 Å². The molecule has 148 valence electrons. The Morgan fingerprint density at radius 2 is 1.76 bits per heavy atom. The second kappa shape index (κ2) is 9.01. The SMILES string of the molecule is COC(=O)c1cccc(Nc2cc(C(=O)Nc3ccccc3C(C)C)ccn2)c1. The van der Waals surface area contributed by atoms with Crippen LogP contribution >= 0.6 is 0 Å². The van der Waals surface area contributed by atoms with Crippen molar-refractivity contribution < 1.29 is 14.3 Å². The standard InChI is InChI=1S/C23H23N3O3/c1-15(2)19-9-4-5-10-20(19)26-22(27)16-11-12-24-21(14-16)25-18-8-6-7-17(13-18)23(28)29-3/h4-15H,1-3H3,(H,24,25)(H,26,27). The van der Waals surface area contributed by atoms with Crippen LogP contribution in [0.4, 0.5) is 17.2 Å². The lowest BCUT2D eigenvalue weighted by atomic mass is 10.0. The van der Waals surface area contributed by atoms with E-state index in [2.05, 4.69) is 29.5 Å². The van der Waals surface area contributed by atoms with Gasteiger partial charge in [0.15, 0.2) is 0 Å². The summed E-state index contributed by atoms with van der Waals surface area (Å²) in [6, 6.07) is 18.0. The summed E-state index contributed by atoms with van der Waals surface area (Å²) in [5.74, 6) is 0.158. The zero-order chi connectivity index (χ0) is 20.8. The van der Waals surface area contributed by atoms with Crippen LogP contribution in [0.15, 0.2) is 66.9 Å². The highest BCUT2D eigenvalue weighted by Crippen LogP contribution is 2.24. The average Bonchev–Trinajstić information content (AvgIpc) is 2.73. The van der Waals surface area contributed by atoms with Crippen LogP contribution in [-0.4, -0.2) is 24.0 Å². The lowest BCUT2D eigenvalue weighted by Crippen LogP contribution is -2.14. The number of benzene rings is 2. The molecule has 0 unspecified atom stereocenters. The summed E-state index contributed by atoms with van der Waals surface area (Å²) in [6.45, 7) is 4.17. The van der Waals surface area contributed by atoms with Gasteiger partial charge in [0, 0.05) is 23.1 Å². The molecule has 0 radical (unpaired) electrons. The Morgan fingerprint density at radius 1 is 0.966 bits per heavy atom. The molecule has 29 heavy (non-hydrogen) atoms. The number of anilines is 3. The summed E-state index contributed by atoms with van der Waals surface area (Å²) in [7, 11) is 1.34. The molecule has 0 atom stereocenters. The number of methoxy groups -OCH3 is 1. The predicted octanol–water partition coefficient (Wildman–Crippen LogP) is 4.99. The molecular weight excluding hydrogens is 366 g/mol. The first kappa shape index (κ1) is 20.1. The zero-order valence-corrected chi connectivity index (χ0v) is 16.6. The number of para-hydroxylation sites is 1. The molecular formula is C23H23N3O3. The fraction of sp³-hybridized carbons (Fsp3) is 0.174. The van der Waals surface area contributed by atoms with E-state index in [1.54, 1.807) is 42.6 Å². The normalized spacial score (nSPS) is 10.5. The van der Waals surface area contributed by atoms with E-state index < -0.39 is 5.97 Å². The van der Waals surface area contributed by atoms with E-state index in [0.29, 0.717) is 28.6 Å². The molecule has 1 aromatic heterocycles. The number of aromatic nitrogens is 1. The second-order valence-corrected chi connectivity index (χ2v) is 6.82. The van der Waals surface area contributed by atoms with Gasteiger partial charge in [-0.05, 0) is 47.9 Å². The first-order valence-corrected chi connectivity index (χ1v) is 9.29. The van der Waals surface area contributed by atoms with E-state index in [0.717, 1.165) is 11.3 Å². The monoisotopic (exact) mass is 389 g/mol. The summed E-state index contributed by atoms with van der Waals surface area (Å²) in [4.78, 5) is 28.7. The molecule has 1 heterocycles. The minimum absolute atomic E-state index is 0.216. The lowest BCUT2D eigenvalue weighted by Gasteiger charge is -2.14. The molecule has 0 saturated carbocycles. The number of nitrogens with one attached hydrogen (secondary N) is 2. The topological polar surface area (TPSA) is 80.3 Å². The predicted molar refractivity (Wildman–Crippen MR) is 114 cm³/mol. The lowest BCUT2D eigenvalue weighted by molar-refractivity contribution is 0.0600. The maximum absolute atomic E-state index is 12.7. The van der Waals surface area contributed by atoms with Crippen LogP contribution in [0.2, 0.25) is 0 Å². The molecule has 0 bridgehead atoms. The third kappa shape index (κ3) is 4.99. The van der Waals surface area contributed by atoms with Gasteiger partial charge in [0.25, 0.3) is 5.91 Å². The van der Waals surface area contributed by atoms with Crippen molar-refractivity contribution in [2.24, 2.45) is 0 Å². The van der Waals surface area contributed by atoms with E-state index in [1.807, 2.05) is 24.3 Å². The van der Waals surface area contributed by atoms with Crippen LogP contribution in [0, 0.1) is 0 Å². The average molecular weight is 389 g/mol. The Balaban J connectivity index is 1.78. The van der Waals surface area contributed by atoms with Crippen molar-refractivity contribution in [1.82, 2.24) is 4.98 Å². The molecule has 1 amide bonds. The van der Waals surface area contributed by atoms with E-state index in [9.17, 15) is 9.59 Å². The number of carbonyl (C=O) groups is 2. The number of esters is 1. The highest BCUT2D eigenvalue weighted by molar-refractivity contribution is 6.05. The highest BCUT2D eigenvalue weighted by atomic mass is 16.5. The van der Waals surface area contributed by atoms with Crippen LogP contribution in [0.5, 0.6) is 0 Å². The van der Waals surface area contributed by atoms with Gasteiger partial charge in [-0.3, -0.25) is 4.79 Å². The van der Waals surface area contributed by atoms with E-state index in [1.165, 1.54) is 7.11 Å². The summed E-state index contributed by atoms with van der Waals surface area (Å²) in [5.41, 5.74) is 3.45. The molecule has 0 spiro atoms. The smallest absolute Gasteiger partial charge is 0.337 e. The Morgan fingerprint density at radius 3 is 2.52 bits per heavy atom. The molecule has 2 N–H and O–H groups in total. The van der Waals surface area contributed by atoms with Gasteiger partial charge < -0.3 is 15.4 Å². The van der Waals surface area contributed by atoms with Gasteiger partial charge >= 0.3 is 5.97 Å². The fourth-order valence-corrected chi connectivity index (χ4v) is 2.94. The van der Waals surface area contributed by atoms with Crippen molar-refractivity contribution >= 4 is 29.1 Å². The molecule has 6 heteroatoms. The second-order valence-electron chi connectivity index (χ2n) is 6.82. The highest BCUT2D eigenvalue weighted by Gasteiger charge is 2.12.